The summed E-state index contributed by atoms with van der Waals surface area (Å²) in [6, 6.07) is -1.35. The maximum Gasteiger partial charge on any atom is 0.330 e. The number of aromatic amines is 1. The van der Waals surface area contributed by atoms with Gasteiger partial charge in [0.25, 0.3) is 11.4 Å². The van der Waals surface area contributed by atoms with Crippen LogP contribution in [0.5, 0.6) is 0 Å². The third-order valence-electron chi connectivity index (χ3n) is 3.60. The summed E-state index contributed by atoms with van der Waals surface area (Å²) < 4.78 is 48.1. The number of halogens is 2. The van der Waals surface area contributed by atoms with E-state index in [0.29, 0.717) is 6.20 Å². The molecule has 10 nitrogen and oxygen atoms in total. The molecule has 146 valence electrons. The van der Waals surface area contributed by atoms with E-state index < -0.39 is 65.0 Å². The third kappa shape index (κ3) is 3.81. The molecule has 1 aromatic heterocycles. The smallest absolute Gasteiger partial charge is 0.330 e. The van der Waals surface area contributed by atoms with Gasteiger partial charge in [-0.3, -0.25) is 19.1 Å². The Kier molecular flexibility index (Phi) is 4.69. The minimum atomic E-state index is -4.00. The number of carbonyl (C=O) groups is 1. The Balaban J connectivity index is 2.48. The van der Waals surface area contributed by atoms with Crippen molar-refractivity contribution in [3.05, 3.63) is 32.1 Å². The highest BCUT2D eigenvalue weighted by Crippen LogP contribution is 2.38. The fraction of sp³-hybridized carbons (Fsp3) is 0.643. The Labute approximate surface area is 155 Å². The van der Waals surface area contributed by atoms with Crippen LogP contribution in [-0.4, -0.2) is 56.4 Å². The monoisotopic (exact) mass is 398 g/mol. The van der Waals surface area contributed by atoms with Gasteiger partial charge < -0.3 is 25.4 Å². The molecule has 0 amide bonds. The highest BCUT2D eigenvalue weighted by atomic mass is 35.5. The highest BCUT2D eigenvalue weighted by molar-refractivity contribution is 6.30. The second kappa shape index (κ2) is 7.45. The second-order valence-corrected chi connectivity index (χ2v) is 6.28. The molecule has 0 aliphatic carbocycles. The fourth-order valence-electron chi connectivity index (χ4n) is 1.96. The number of nitrogens with two attached hydrogens (primary N) is 1. The normalized spacial score (nSPS) is 34.8. The van der Waals surface area contributed by atoms with E-state index >= 15 is 4.39 Å². The number of ether oxygens (including phenoxy) is 2. The molecule has 1 aliphatic heterocycles. The molecule has 0 saturated carbocycles. The van der Waals surface area contributed by atoms with E-state index in [4.69, 9.17) is 21.4 Å². The van der Waals surface area contributed by atoms with Crippen molar-refractivity contribution < 1.29 is 33.0 Å². The molecule has 5 atom stereocenters. The van der Waals surface area contributed by atoms with Crippen LogP contribution < -0.4 is 17.0 Å². The van der Waals surface area contributed by atoms with Gasteiger partial charge in [-0.05, 0) is 5.92 Å². The third-order valence-corrected chi connectivity index (χ3v) is 3.87. The van der Waals surface area contributed by atoms with Crippen molar-refractivity contribution in [3.8, 4) is 0 Å². The molecule has 0 unspecified atom stereocenters. The minimum absolute atomic E-state index is 0.143. The molecular formula is C14H19ClFN3O7. The number of aliphatic hydroxyl groups is 2. The van der Waals surface area contributed by atoms with E-state index in [1.165, 1.54) is 13.8 Å². The average molecular weight is 399 g/mol. The molecule has 1 aromatic rings. The van der Waals surface area contributed by atoms with Gasteiger partial charge in [0.15, 0.2) is 12.8 Å². The molecule has 5 N–H and O–H groups in total. The zero-order valence-electron chi connectivity index (χ0n) is 16.6. The Morgan fingerprint density at radius 3 is 2.85 bits per heavy atom. The molecule has 1 aliphatic rings. The number of carbonyl (C=O) groups excluding carboxylic acids is 1. The van der Waals surface area contributed by atoms with Crippen molar-refractivity contribution in [1.82, 2.24) is 9.55 Å². The van der Waals surface area contributed by atoms with Gasteiger partial charge in [-0.15, -0.1) is 0 Å². The van der Waals surface area contributed by atoms with Crippen molar-refractivity contribution in [1.29, 1.82) is 0 Å². The molecule has 0 spiro atoms. The van der Waals surface area contributed by atoms with E-state index in [-0.39, 0.29) is 4.57 Å². The van der Waals surface area contributed by atoms with E-state index in [1.54, 1.807) is 4.98 Å². The summed E-state index contributed by atoms with van der Waals surface area (Å²) in [7, 11) is 0. The van der Waals surface area contributed by atoms with Gasteiger partial charge >= 0.3 is 11.7 Å². The van der Waals surface area contributed by atoms with Gasteiger partial charge in [-0.2, -0.15) is 0 Å². The van der Waals surface area contributed by atoms with Gasteiger partial charge in [-0.25, -0.2) is 9.18 Å². The second-order valence-electron chi connectivity index (χ2n) is 5.87. The lowest BCUT2D eigenvalue weighted by molar-refractivity contribution is -0.217. The van der Waals surface area contributed by atoms with Crippen molar-refractivity contribution in [3.63, 3.8) is 0 Å². The van der Waals surface area contributed by atoms with Crippen molar-refractivity contribution in [2.75, 3.05) is 6.56 Å². The zero-order chi connectivity index (χ0) is 22.5. The summed E-state index contributed by atoms with van der Waals surface area (Å²) in [5, 5.41) is 19.6. The molecule has 2 heterocycles. The van der Waals surface area contributed by atoms with Gasteiger partial charge in [0.05, 0.1) is 4.11 Å². The predicted octanol–water partition coefficient (Wildman–Crippen LogP) is -1.37. The number of aliphatic hydroxyl groups excluding tert-OH is 2. The molecule has 12 heteroatoms. The van der Waals surface area contributed by atoms with Crippen LogP contribution in [0.25, 0.3) is 0 Å². The van der Waals surface area contributed by atoms with E-state index in [9.17, 15) is 24.6 Å². The molecule has 0 aromatic carbocycles. The number of nitrogens with zero attached hydrogens (tertiary/aromatic N) is 1. The zero-order valence-corrected chi connectivity index (χ0v) is 14.4. The topological polar surface area (TPSA) is 157 Å². The van der Waals surface area contributed by atoms with E-state index in [0.717, 1.165) is 0 Å². The number of rotatable bonds is 5. The quantitative estimate of drug-likeness (QED) is 0.442. The number of alkyl halides is 1. The maximum atomic E-state index is 15.4. The van der Waals surface area contributed by atoms with Crippen molar-refractivity contribution in [2.24, 2.45) is 11.7 Å². The molecule has 26 heavy (non-hydrogen) atoms. The predicted molar refractivity (Wildman–Crippen MR) is 86.1 cm³/mol. The lowest BCUT2D eigenvalue weighted by Crippen LogP contribution is -2.46. The van der Waals surface area contributed by atoms with Crippen LogP contribution in [0.4, 0.5) is 4.39 Å². The SMILES string of the molecule is [2H]C([2H])(OC(=O)[C@@H](N)C(C)C)[C@@]1(F)O[C@@]([2H])(n2cc(Cl)c(=O)[nH]c2=O)[C@H](O)[C@@H]1O. The molecule has 1 fully saturated rings. The lowest BCUT2D eigenvalue weighted by Gasteiger charge is -2.24. The first-order chi connectivity index (χ1) is 13.1. The first-order valence-corrected chi connectivity index (χ1v) is 7.72. The van der Waals surface area contributed by atoms with Crippen LogP contribution in [0.3, 0.4) is 0 Å². The van der Waals surface area contributed by atoms with Crippen LogP contribution >= 0.6 is 11.6 Å². The van der Waals surface area contributed by atoms with Crippen LogP contribution in [0, 0.1) is 5.92 Å². The molecular weight excluding hydrogens is 377 g/mol. The summed E-state index contributed by atoms with van der Waals surface area (Å²) in [6.45, 7) is -0.716. The molecule has 1 saturated heterocycles. The molecule has 2 rings (SSSR count). The van der Waals surface area contributed by atoms with E-state index in [2.05, 4.69) is 9.47 Å². The lowest BCUT2D eigenvalue weighted by atomic mass is 10.1. The average Bonchev–Trinajstić information content (AvgIpc) is 2.79. The molecule has 0 bridgehead atoms. The Morgan fingerprint density at radius 2 is 2.27 bits per heavy atom. The number of esters is 1. The number of aromatic nitrogens is 2. The van der Waals surface area contributed by atoms with Gasteiger partial charge in [0.1, 0.15) is 23.3 Å². The number of H-pyrrole nitrogens is 1. The standard InChI is InChI=1S/C14H19ClFN3O7/c1-5(2)7(17)12(23)25-4-14(16)9(21)8(20)11(26-14)19-3-6(15)10(22)18-13(19)24/h3,5,7-9,11,20-21H,4,17H2,1-2H3,(H,18,22,24)/t7-,8+,9-,11+,14+/m0/s1/i4D2,11D. The van der Waals surface area contributed by atoms with Gasteiger partial charge in [-0.1, -0.05) is 25.4 Å². The summed E-state index contributed by atoms with van der Waals surface area (Å²) in [4.78, 5) is 37.0. The van der Waals surface area contributed by atoms with Crippen LogP contribution in [0.1, 0.15) is 24.2 Å². The maximum absolute atomic E-state index is 15.4. The largest absolute Gasteiger partial charge is 0.458 e. The minimum Gasteiger partial charge on any atom is -0.458 e. The summed E-state index contributed by atoms with van der Waals surface area (Å²) in [5.74, 6) is -5.88. The fourth-order valence-corrected chi connectivity index (χ4v) is 2.10. The van der Waals surface area contributed by atoms with Gasteiger partial charge in [0.2, 0.25) is 0 Å². The Hall–Kier alpha value is -1.79. The first-order valence-electron chi connectivity index (χ1n) is 8.84. The van der Waals surface area contributed by atoms with Crippen LogP contribution in [0.2, 0.25) is 5.02 Å². The summed E-state index contributed by atoms with van der Waals surface area (Å²) >= 11 is 5.57. The Morgan fingerprint density at radius 1 is 1.65 bits per heavy atom. The van der Waals surface area contributed by atoms with Crippen molar-refractivity contribution in [2.45, 2.75) is 44.2 Å². The molecule has 0 radical (unpaired) electrons. The van der Waals surface area contributed by atoms with Gasteiger partial charge in [0, 0.05) is 6.20 Å². The number of hydrogen-bond donors (Lipinski definition) is 4. The first kappa shape index (κ1) is 16.4. The van der Waals surface area contributed by atoms with E-state index in [1.807, 2.05) is 0 Å². The number of hydrogen-bond acceptors (Lipinski definition) is 8. The van der Waals surface area contributed by atoms with Crippen molar-refractivity contribution >= 4 is 17.6 Å². The highest BCUT2D eigenvalue weighted by Gasteiger charge is 2.57. The summed E-state index contributed by atoms with van der Waals surface area (Å²) in [6.07, 6.45) is -8.01. The Bertz CT molecular complexity index is 928. The van der Waals surface area contributed by atoms with Crippen LogP contribution in [0.15, 0.2) is 15.8 Å². The van der Waals surface area contributed by atoms with Crippen LogP contribution in [-0.2, 0) is 14.3 Å². The number of nitrogens with one attached hydrogen (secondary N) is 1. The summed E-state index contributed by atoms with van der Waals surface area (Å²) in [5.41, 5.74) is 3.09.